The number of thiophene rings is 1. The summed E-state index contributed by atoms with van der Waals surface area (Å²) in [6, 6.07) is 7.05. The number of nitrogens with zero attached hydrogens (tertiary/aromatic N) is 3. The number of rotatable bonds is 5. The number of halogens is 6. The molecule has 0 unspecified atom stereocenters. The van der Waals surface area contributed by atoms with Crippen molar-refractivity contribution in [3.05, 3.63) is 52.5 Å². The summed E-state index contributed by atoms with van der Waals surface area (Å²) >= 11 is 1.79. The van der Waals surface area contributed by atoms with Crippen molar-refractivity contribution in [2.24, 2.45) is 5.92 Å². The number of carbonyl (C=O) groups is 2. The summed E-state index contributed by atoms with van der Waals surface area (Å²) < 4.78 is 69.3. The van der Waals surface area contributed by atoms with Crippen LogP contribution in [-0.2, 0) is 27.4 Å². The van der Waals surface area contributed by atoms with Gasteiger partial charge in [0.25, 0.3) is 0 Å². The number of fused-ring (bicyclic) bond motifs is 1. The van der Waals surface area contributed by atoms with Gasteiger partial charge in [-0.15, -0.1) is 0 Å². The molecule has 2 fully saturated rings. The number of alkyl halides is 6. The van der Waals surface area contributed by atoms with E-state index in [2.05, 4.69) is 37.7 Å². The third-order valence-electron chi connectivity index (χ3n) is 5.94. The van der Waals surface area contributed by atoms with Crippen molar-refractivity contribution in [2.45, 2.75) is 44.0 Å². The van der Waals surface area contributed by atoms with E-state index in [1.807, 2.05) is 25.6 Å². The Balaban J connectivity index is 0.000000301. The van der Waals surface area contributed by atoms with Crippen molar-refractivity contribution in [1.29, 1.82) is 0 Å². The minimum absolute atomic E-state index is 0.396. The Morgan fingerprint density at radius 1 is 1.05 bits per heavy atom. The van der Waals surface area contributed by atoms with Gasteiger partial charge in [0.1, 0.15) is 0 Å². The number of ether oxygens (including phenoxy) is 1. The van der Waals surface area contributed by atoms with Crippen molar-refractivity contribution in [1.82, 2.24) is 14.8 Å². The number of hydrogen-bond acceptors (Lipinski definition) is 7. The molecule has 2 aliphatic rings. The highest BCUT2D eigenvalue weighted by Gasteiger charge is 2.44. The molecule has 38 heavy (non-hydrogen) atoms. The monoisotopic (exact) mass is 571 g/mol. The summed E-state index contributed by atoms with van der Waals surface area (Å²) in [6.45, 7) is 5.45. The number of piperidine rings is 1. The van der Waals surface area contributed by atoms with Gasteiger partial charge in [0, 0.05) is 64.2 Å². The smallest absolute Gasteiger partial charge is 0.475 e. The van der Waals surface area contributed by atoms with E-state index in [1.54, 1.807) is 11.3 Å². The van der Waals surface area contributed by atoms with Gasteiger partial charge >= 0.3 is 24.3 Å². The van der Waals surface area contributed by atoms with Crippen LogP contribution in [0.1, 0.15) is 17.5 Å². The molecular weight excluding hydrogens is 544 g/mol. The van der Waals surface area contributed by atoms with Crippen molar-refractivity contribution in [3.63, 3.8) is 0 Å². The number of carboxylic acid groups (broad SMARTS) is 2. The quantitative estimate of drug-likeness (QED) is 0.517. The number of aliphatic carboxylic acids is 2. The molecule has 8 nitrogen and oxygen atoms in total. The number of methoxy groups -OCH3 is 1. The molecule has 0 aliphatic carbocycles. The molecule has 2 aromatic heterocycles. The second kappa shape index (κ2) is 13.9. The lowest BCUT2D eigenvalue weighted by molar-refractivity contribution is -0.193. The third kappa shape index (κ3) is 9.85. The fourth-order valence-electron chi connectivity index (χ4n) is 4.30. The van der Waals surface area contributed by atoms with Crippen molar-refractivity contribution in [3.8, 4) is 0 Å². The van der Waals surface area contributed by atoms with Crippen LogP contribution in [0.25, 0.3) is 0 Å². The van der Waals surface area contributed by atoms with Gasteiger partial charge in [0.2, 0.25) is 0 Å². The first-order chi connectivity index (χ1) is 17.7. The minimum Gasteiger partial charge on any atom is -0.475 e. The lowest BCUT2D eigenvalue weighted by atomic mass is 9.89. The van der Waals surface area contributed by atoms with E-state index in [4.69, 9.17) is 24.5 Å². The summed E-state index contributed by atoms with van der Waals surface area (Å²) in [6.07, 6.45) is -4.80. The van der Waals surface area contributed by atoms with Crippen LogP contribution in [0.5, 0.6) is 0 Å². The van der Waals surface area contributed by atoms with Crippen LogP contribution in [0, 0.1) is 5.92 Å². The Kier molecular flexibility index (Phi) is 11.5. The fraction of sp³-hybridized carbons (Fsp3) is 0.522. The average Bonchev–Trinajstić information content (AvgIpc) is 3.50. The molecule has 212 valence electrons. The molecule has 0 bridgehead atoms. The lowest BCUT2D eigenvalue weighted by Gasteiger charge is -2.41. The molecule has 2 saturated heterocycles. The fourth-order valence-corrected chi connectivity index (χ4v) is 4.96. The van der Waals surface area contributed by atoms with Gasteiger partial charge < -0.3 is 14.9 Å². The van der Waals surface area contributed by atoms with Crippen molar-refractivity contribution >= 4 is 23.3 Å². The average molecular weight is 572 g/mol. The normalized spacial score (nSPS) is 21.9. The van der Waals surface area contributed by atoms with E-state index in [1.165, 1.54) is 11.1 Å². The Morgan fingerprint density at radius 3 is 2.16 bits per heavy atom. The highest BCUT2D eigenvalue weighted by molar-refractivity contribution is 7.07. The molecule has 0 saturated carbocycles. The number of pyridine rings is 1. The van der Waals surface area contributed by atoms with Crippen LogP contribution >= 0.6 is 11.3 Å². The molecule has 2 aromatic rings. The van der Waals surface area contributed by atoms with Crippen molar-refractivity contribution < 1.29 is 50.9 Å². The van der Waals surface area contributed by atoms with E-state index in [9.17, 15) is 26.3 Å². The topological polar surface area (TPSA) is 103 Å². The summed E-state index contributed by atoms with van der Waals surface area (Å²) in [5.74, 6) is -4.90. The maximum Gasteiger partial charge on any atom is 0.490 e. The van der Waals surface area contributed by atoms with Crippen LogP contribution in [0.15, 0.2) is 41.4 Å². The Bertz CT molecular complexity index is 983. The zero-order valence-electron chi connectivity index (χ0n) is 20.2. The van der Waals surface area contributed by atoms with Gasteiger partial charge in [0.05, 0.1) is 6.10 Å². The van der Waals surface area contributed by atoms with E-state index < -0.39 is 24.3 Å². The highest BCUT2D eigenvalue weighted by atomic mass is 32.1. The third-order valence-corrected chi connectivity index (χ3v) is 6.67. The first-order valence-corrected chi connectivity index (χ1v) is 12.2. The highest BCUT2D eigenvalue weighted by Crippen LogP contribution is 2.34. The molecule has 0 radical (unpaired) electrons. The van der Waals surface area contributed by atoms with Crippen LogP contribution in [-0.4, -0.2) is 88.2 Å². The molecule has 4 heterocycles. The standard InChI is InChI=1S/C19H25N3OS.2C2HF3O2/c1-23-19-4-7-22(11-16-5-8-24-14-16)18-13-21(12-17(18)19)10-15-3-2-6-20-9-15;2*3-2(4,5)1(6)7/h2-3,5-6,8-9,14,17-19H,4,7,10-13H2,1H3;2*(H,6,7)/t17-,18+,19+;;/m0../s1. The number of aromatic nitrogens is 1. The zero-order valence-corrected chi connectivity index (χ0v) is 21.0. The molecule has 2 N–H and O–H groups in total. The first kappa shape index (κ1) is 31.5. The summed E-state index contributed by atoms with van der Waals surface area (Å²) in [4.78, 5) is 27.3. The second-order valence-corrected chi connectivity index (χ2v) is 9.34. The van der Waals surface area contributed by atoms with Gasteiger partial charge in [-0.1, -0.05) is 6.07 Å². The number of likely N-dealkylation sites (tertiary alicyclic amines) is 2. The van der Waals surface area contributed by atoms with E-state index in [0.29, 0.717) is 18.1 Å². The maximum absolute atomic E-state index is 10.6. The van der Waals surface area contributed by atoms with Gasteiger partial charge in [-0.25, -0.2) is 9.59 Å². The van der Waals surface area contributed by atoms with E-state index >= 15 is 0 Å². The molecule has 15 heteroatoms. The Labute approximate surface area is 218 Å². The number of carboxylic acids is 2. The van der Waals surface area contributed by atoms with Crippen molar-refractivity contribution in [2.75, 3.05) is 26.7 Å². The van der Waals surface area contributed by atoms with Gasteiger partial charge in [-0.05, 0) is 40.4 Å². The number of hydrogen-bond donors (Lipinski definition) is 2. The summed E-state index contributed by atoms with van der Waals surface area (Å²) in [5, 5.41) is 18.7. The Hall–Kier alpha value is -2.75. The molecule has 3 atom stereocenters. The van der Waals surface area contributed by atoms with Gasteiger partial charge in [0.15, 0.2) is 0 Å². The van der Waals surface area contributed by atoms with Crippen LogP contribution in [0.2, 0.25) is 0 Å². The Morgan fingerprint density at radius 2 is 1.68 bits per heavy atom. The summed E-state index contributed by atoms with van der Waals surface area (Å²) in [7, 11) is 1.88. The largest absolute Gasteiger partial charge is 0.490 e. The zero-order chi connectivity index (χ0) is 28.5. The molecule has 0 aromatic carbocycles. The molecule has 0 spiro atoms. The SMILES string of the molecule is CO[C@@H]1CCN(Cc2ccsc2)[C@@H]2CN(Cc3cccnc3)C[C@@H]21.O=C(O)C(F)(F)F.O=C(O)C(F)(F)F. The van der Waals surface area contributed by atoms with Crippen LogP contribution in [0.4, 0.5) is 26.3 Å². The van der Waals surface area contributed by atoms with E-state index in [-0.39, 0.29) is 0 Å². The molecule has 0 amide bonds. The minimum atomic E-state index is -5.08. The van der Waals surface area contributed by atoms with Gasteiger partial charge in [-0.3, -0.25) is 14.8 Å². The predicted molar refractivity (Wildman–Crippen MR) is 124 cm³/mol. The van der Waals surface area contributed by atoms with Gasteiger partial charge in [-0.2, -0.15) is 37.7 Å². The van der Waals surface area contributed by atoms with Crippen LogP contribution < -0.4 is 0 Å². The summed E-state index contributed by atoms with van der Waals surface area (Å²) in [5.41, 5.74) is 2.75. The van der Waals surface area contributed by atoms with E-state index in [0.717, 1.165) is 39.1 Å². The van der Waals surface area contributed by atoms with Crippen LogP contribution in [0.3, 0.4) is 0 Å². The molecule has 4 rings (SSSR count). The second-order valence-electron chi connectivity index (χ2n) is 8.56. The lowest BCUT2D eigenvalue weighted by Crippen LogP contribution is -2.50. The predicted octanol–water partition coefficient (Wildman–Crippen LogP) is 4.13. The maximum atomic E-state index is 10.6. The first-order valence-electron chi connectivity index (χ1n) is 11.2. The molecule has 2 aliphatic heterocycles. The molecular formula is C23H27F6N3O5S.